The van der Waals surface area contributed by atoms with E-state index in [9.17, 15) is 14.4 Å². The summed E-state index contributed by atoms with van der Waals surface area (Å²) in [7, 11) is 0. The monoisotopic (exact) mass is 451 g/mol. The maximum absolute atomic E-state index is 13.0. The van der Waals surface area contributed by atoms with Crippen molar-refractivity contribution in [2.75, 3.05) is 18.5 Å². The number of nitrogens with one attached hydrogen (secondary N) is 2. The smallest absolute Gasteiger partial charge is 0.325 e. The van der Waals surface area contributed by atoms with Gasteiger partial charge in [0.15, 0.2) is 0 Å². The number of anilines is 1. The van der Waals surface area contributed by atoms with Crippen LogP contribution in [0.3, 0.4) is 0 Å². The molecule has 2 aliphatic rings. The maximum Gasteiger partial charge on any atom is 0.325 e. The van der Waals surface area contributed by atoms with Crippen LogP contribution >= 0.6 is 0 Å². The van der Waals surface area contributed by atoms with Crippen molar-refractivity contribution in [1.29, 1.82) is 0 Å². The van der Waals surface area contributed by atoms with Crippen LogP contribution in [0.4, 0.5) is 10.5 Å². The van der Waals surface area contributed by atoms with Gasteiger partial charge in [0, 0.05) is 5.69 Å². The van der Waals surface area contributed by atoms with Gasteiger partial charge < -0.3 is 20.1 Å². The number of carbonyl (C=O) groups is 3. The van der Waals surface area contributed by atoms with Crippen LogP contribution in [0.5, 0.6) is 17.2 Å². The van der Waals surface area contributed by atoms with Gasteiger partial charge in [-0.25, -0.2) is 4.79 Å². The molecule has 2 aromatic rings. The first-order chi connectivity index (χ1) is 15.9. The van der Waals surface area contributed by atoms with Gasteiger partial charge in [-0.2, -0.15) is 0 Å². The first kappa shape index (κ1) is 22.6. The quantitative estimate of drug-likeness (QED) is 0.611. The third-order valence-corrected chi connectivity index (χ3v) is 6.31. The summed E-state index contributed by atoms with van der Waals surface area (Å²) in [6.07, 6.45) is 3.44. The predicted molar refractivity (Wildman–Crippen MR) is 123 cm³/mol. The third kappa shape index (κ3) is 4.79. The highest BCUT2D eigenvalue weighted by atomic mass is 16.5. The van der Waals surface area contributed by atoms with Crippen molar-refractivity contribution in [2.24, 2.45) is 5.92 Å². The highest BCUT2D eigenvalue weighted by Crippen LogP contribution is 2.38. The molecular weight excluding hydrogens is 422 g/mol. The van der Waals surface area contributed by atoms with E-state index in [1.807, 2.05) is 38.1 Å². The first-order valence-corrected chi connectivity index (χ1v) is 11.4. The van der Waals surface area contributed by atoms with E-state index >= 15 is 0 Å². The molecule has 2 N–H and O–H groups in total. The Hall–Kier alpha value is -3.55. The van der Waals surface area contributed by atoms with Crippen LogP contribution < -0.4 is 20.1 Å². The summed E-state index contributed by atoms with van der Waals surface area (Å²) in [4.78, 5) is 39.0. The Labute approximate surface area is 193 Å². The summed E-state index contributed by atoms with van der Waals surface area (Å²) in [5.74, 6) is 1.38. The molecule has 0 radical (unpaired) electrons. The summed E-state index contributed by atoms with van der Waals surface area (Å²) in [6.45, 7) is 4.20. The molecule has 1 saturated carbocycles. The molecule has 174 valence electrons. The number of imide groups is 1. The number of urea groups is 1. The zero-order valence-corrected chi connectivity index (χ0v) is 18.9. The fraction of sp³-hybridized carbons (Fsp3) is 0.400. The van der Waals surface area contributed by atoms with Crippen LogP contribution in [0, 0.1) is 5.92 Å². The lowest BCUT2D eigenvalue weighted by Gasteiger charge is -2.36. The summed E-state index contributed by atoms with van der Waals surface area (Å²) in [5.41, 5.74) is -0.318. The minimum absolute atomic E-state index is 0.0543. The zero-order valence-electron chi connectivity index (χ0n) is 18.9. The Morgan fingerprint density at radius 3 is 2.33 bits per heavy atom. The molecule has 0 bridgehead atoms. The number of benzene rings is 2. The van der Waals surface area contributed by atoms with Crippen molar-refractivity contribution in [3.63, 3.8) is 0 Å². The molecule has 8 nitrogen and oxygen atoms in total. The summed E-state index contributed by atoms with van der Waals surface area (Å²) in [6, 6.07) is 13.7. The van der Waals surface area contributed by atoms with E-state index in [4.69, 9.17) is 9.47 Å². The Morgan fingerprint density at radius 2 is 1.70 bits per heavy atom. The second-order valence-electron chi connectivity index (χ2n) is 8.52. The first-order valence-electron chi connectivity index (χ1n) is 11.4. The largest absolute Gasteiger partial charge is 0.494 e. The molecule has 0 aromatic heterocycles. The molecule has 0 unspecified atom stereocenters. The number of hydrogen-bond acceptors (Lipinski definition) is 5. The second-order valence-corrected chi connectivity index (χ2v) is 8.52. The van der Waals surface area contributed by atoms with Gasteiger partial charge in [0.1, 0.15) is 29.3 Å². The number of nitrogens with zero attached hydrogens (tertiary/aromatic N) is 1. The van der Waals surface area contributed by atoms with Gasteiger partial charge >= 0.3 is 6.03 Å². The van der Waals surface area contributed by atoms with Crippen molar-refractivity contribution in [1.82, 2.24) is 10.2 Å². The zero-order chi connectivity index (χ0) is 23.4. The van der Waals surface area contributed by atoms with E-state index in [0.717, 1.165) is 29.9 Å². The fourth-order valence-electron chi connectivity index (χ4n) is 4.50. The van der Waals surface area contributed by atoms with Gasteiger partial charge in [-0.3, -0.25) is 14.5 Å². The molecule has 33 heavy (non-hydrogen) atoms. The molecule has 1 saturated heterocycles. The predicted octanol–water partition coefficient (Wildman–Crippen LogP) is 4.32. The van der Waals surface area contributed by atoms with Crippen LogP contribution in [-0.2, 0) is 9.59 Å². The molecule has 1 aliphatic carbocycles. The lowest BCUT2D eigenvalue weighted by molar-refractivity contribution is -0.136. The van der Waals surface area contributed by atoms with Gasteiger partial charge in [0.25, 0.3) is 5.91 Å². The van der Waals surface area contributed by atoms with Gasteiger partial charge in [-0.1, -0.05) is 19.8 Å². The number of carbonyl (C=O) groups excluding carboxylic acids is 3. The molecule has 1 spiro atoms. The maximum atomic E-state index is 13.0. The van der Waals surface area contributed by atoms with Crippen LogP contribution in [0.2, 0.25) is 0 Å². The average molecular weight is 452 g/mol. The Kier molecular flexibility index (Phi) is 6.53. The SMILES string of the molecule is CCOc1ccc(Oc2ccc(NC(=O)CN3C(=O)N[C@]4(CCCC[C@H]4C)C3=O)cc2)cc1. The summed E-state index contributed by atoms with van der Waals surface area (Å²) < 4.78 is 11.2. The van der Waals surface area contributed by atoms with E-state index in [2.05, 4.69) is 10.6 Å². The van der Waals surface area contributed by atoms with Crippen molar-refractivity contribution >= 4 is 23.5 Å². The van der Waals surface area contributed by atoms with Crippen molar-refractivity contribution < 1.29 is 23.9 Å². The number of amides is 4. The number of hydrogen-bond donors (Lipinski definition) is 2. The number of rotatable bonds is 7. The van der Waals surface area contributed by atoms with Gasteiger partial charge in [0.2, 0.25) is 5.91 Å². The van der Waals surface area contributed by atoms with E-state index in [1.54, 1.807) is 24.3 Å². The lowest BCUT2D eigenvalue weighted by atomic mass is 9.73. The van der Waals surface area contributed by atoms with Gasteiger partial charge in [0.05, 0.1) is 6.61 Å². The topological polar surface area (TPSA) is 97.0 Å². The van der Waals surface area contributed by atoms with Crippen LogP contribution in [0.15, 0.2) is 48.5 Å². The van der Waals surface area contributed by atoms with Crippen LogP contribution in [-0.4, -0.2) is 41.4 Å². The minimum atomic E-state index is -0.866. The molecular formula is C25H29N3O5. The number of ether oxygens (including phenoxy) is 2. The molecule has 2 fully saturated rings. The highest BCUT2D eigenvalue weighted by Gasteiger charge is 2.55. The summed E-state index contributed by atoms with van der Waals surface area (Å²) in [5, 5.41) is 5.60. The van der Waals surface area contributed by atoms with E-state index in [-0.39, 0.29) is 18.4 Å². The molecule has 2 aromatic carbocycles. The molecule has 1 heterocycles. The van der Waals surface area contributed by atoms with E-state index in [0.29, 0.717) is 30.2 Å². The molecule has 8 heteroatoms. The highest BCUT2D eigenvalue weighted by molar-refractivity contribution is 6.10. The second kappa shape index (κ2) is 9.52. The lowest BCUT2D eigenvalue weighted by Crippen LogP contribution is -2.54. The average Bonchev–Trinajstić information content (AvgIpc) is 3.03. The Bertz CT molecular complexity index is 1020. The van der Waals surface area contributed by atoms with Gasteiger partial charge in [-0.15, -0.1) is 0 Å². The molecule has 2 atom stereocenters. The molecule has 1 aliphatic heterocycles. The van der Waals surface area contributed by atoms with Crippen molar-refractivity contribution in [3.05, 3.63) is 48.5 Å². The standard InChI is InChI=1S/C25H29N3O5/c1-3-32-19-11-13-21(14-12-19)33-20-9-7-18(8-10-20)26-22(29)16-28-23(30)25(27-24(28)31)15-5-4-6-17(25)2/h7-14,17H,3-6,15-16H2,1-2H3,(H,26,29)(H,27,31)/t17-,25+/m1/s1. The van der Waals surface area contributed by atoms with Crippen LogP contribution in [0.1, 0.15) is 39.5 Å². The summed E-state index contributed by atoms with van der Waals surface area (Å²) >= 11 is 0. The normalized spacial score (nSPS) is 22.2. The Balaban J connectivity index is 1.33. The van der Waals surface area contributed by atoms with Crippen LogP contribution in [0.25, 0.3) is 0 Å². The van der Waals surface area contributed by atoms with Gasteiger partial charge in [-0.05, 0) is 74.2 Å². The molecule has 4 amide bonds. The van der Waals surface area contributed by atoms with Crippen molar-refractivity contribution in [3.8, 4) is 17.2 Å². The van der Waals surface area contributed by atoms with Crippen molar-refractivity contribution in [2.45, 2.75) is 45.1 Å². The van der Waals surface area contributed by atoms with E-state index in [1.165, 1.54) is 0 Å². The van der Waals surface area contributed by atoms with E-state index < -0.39 is 17.5 Å². The minimum Gasteiger partial charge on any atom is -0.494 e. The third-order valence-electron chi connectivity index (χ3n) is 6.31. The molecule has 4 rings (SSSR count). The fourth-order valence-corrected chi connectivity index (χ4v) is 4.50. The Morgan fingerprint density at radius 1 is 1.06 bits per heavy atom.